The first-order chi connectivity index (χ1) is 36.2. The van der Waals surface area contributed by atoms with Crippen LogP contribution in [0.15, 0.2) is 117 Å². The van der Waals surface area contributed by atoms with Gasteiger partial charge in [-0.3, -0.25) is 14.5 Å². The monoisotopic (exact) mass is 1010 g/mol. The average molecular weight is 1010 g/mol. The molecule has 2 amide bonds. The van der Waals surface area contributed by atoms with Gasteiger partial charge in [-0.1, -0.05) is 43.5 Å². The van der Waals surface area contributed by atoms with Crippen LogP contribution in [0.1, 0.15) is 17.0 Å². The zero-order valence-electron chi connectivity index (χ0n) is 43.4. The molecule has 0 fully saturated rings. The Morgan fingerprint density at radius 3 is 1.96 bits per heavy atom. The van der Waals surface area contributed by atoms with Crippen molar-refractivity contribution >= 4 is 79.6 Å². The second-order valence-corrected chi connectivity index (χ2v) is 18.2. The number of fused-ring (bicyclic) bond motifs is 2. The number of H-pyrrole nitrogens is 2. The number of aromatic nitrogens is 6. The number of aromatic amines is 2. The lowest BCUT2D eigenvalue weighted by molar-refractivity contribution is -0.112. The molecular weight excluding hydrogens is 947 g/mol. The number of carbonyl (C=O) groups excluding carboxylic acids is 2. The molecule has 4 heterocycles. The fourth-order valence-electron chi connectivity index (χ4n) is 8.78. The summed E-state index contributed by atoms with van der Waals surface area (Å²) in [7, 11) is 13.1. The van der Waals surface area contributed by atoms with Crippen molar-refractivity contribution in [2.45, 2.75) is 13.5 Å². The molecule has 4 aromatic heterocycles. The van der Waals surface area contributed by atoms with E-state index in [1.54, 1.807) is 38.6 Å². The SMILES string of the molecule is C=CC(=O)Nc1cc(Nc2nc(CN(C)CCN(C)c3cc(OC)c(Nc4nccc(-c5c[nH]c6c(C#N)cccc56)n4)cc3NC(=O)C=C)cc(-c3c(C)[nH]c4ccccc34)n2)c(OC)cc1N(C)CCN(C)C. The fourth-order valence-corrected chi connectivity index (χ4v) is 8.78. The number of nitrogens with zero attached hydrogens (tertiary/aromatic N) is 9. The molecule has 75 heavy (non-hydrogen) atoms. The van der Waals surface area contributed by atoms with E-state index in [0.29, 0.717) is 89.3 Å². The minimum atomic E-state index is -0.389. The summed E-state index contributed by atoms with van der Waals surface area (Å²) in [6.07, 6.45) is 5.93. The molecule has 0 atom stereocenters. The Balaban J connectivity index is 1.07. The second kappa shape index (κ2) is 23.1. The van der Waals surface area contributed by atoms with Crippen LogP contribution in [0.2, 0.25) is 0 Å². The molecule has 19 nitrogen and oxygen atoms in total. The first-order valence-electron chi connectivity index (χ1n) is 24.1. The number of hydrogen-bond donors (Lipinski definition) is 6. The van der Waals surface area contributed by atoms with Gasteiger partial charge in [-0.05, 0) is 76.6 Å². The van der Waals surface area contributed by atoms with Crippen LogP contribution in [0.3, 0.4) is 0 Å². The van der Waals surface area contributed by atoms with Gasteiger partial charge in [0.2, 0.25) is 23.7 Å². The molecule has 0 aliphatic carbocycles. The third-order valence-corrected chi connectivity index (χ3v) is 12.7. The van der Waals surface area contributed by atoms with Crippen molar-refractivity contribution in [2.24, 2.45) is 0 Å². The number of carbonyl (C=O) groups is 2. The van der Waals surface area contributed by atoms with Gasteiger partial charge in [0.05, 0.1) is 76.5 Å². The van der Waals surface area contributed by atoms with E-state index in [4.69, 9.17) is 24.4 Å². The van der Waals surface area contributed by atoms with Crippen LogP contribution >= 0.6 is 0 Å². The number of hydrogen-bond acceptors (Lipinski definition) is 15. The van der Waals surface area contributed by atoms with Crippen molar-refractivity contribution in [2.75, 3.05) is 107 Å². The lowest BCUT2D eigenvalue weighted by Gasteiger charge is -2.27. The lowest BCUT2D eigenvalue weighted by Crippen LogP contribution is -2.31. The Kier molecular flexibility index (Phi) is 16.0. The number of aryl methyl sites for hydroxylation is 1. The standard InChI is InChI=1S/C56H61N15O4/c1-11-51(72)62-42-27-44(65-55-58-21-20-41(64-55)39-32-59-54-35(31-57)16-15-18-37(39)54)49(74-9)30-48(42)71(8)25-23-69(6)33-36-26-46(53-34(3)60-40-19-14-13-17-38(40)53)67-56(61-36)66-45-28-43(63-52(73)12-2)47(29-50(45)75-10)70(7)24-22-68(4)5/h11-21,26-30,32,59-60H,1-2,22-25,33H2,3-10H3,(H,62,72)(H,63,73)(H,58,64,65)(H,61,66,67). The van der Waals surface area contributed by atoms with Gasteiger partial charge in [0.25, 0.3) is 0 Å². The Labute approximate surface area is 435 Å². The van der Waals surface area contributed by atoms with Gasteiger partial charge in [-0.15, -0.1) is 0 Å². The maximum absolute atomic E-state index is 12.9. The largest absolute Gasteiger partial charge is 0.494 e. The van der Waals surface area contributed by atoms with Crippen molar-refractivity contribution in [1.29, 1.82) is 5.26 Å². The fraction of sp³-hybridized carbons (Fsp3) is 0.232. The Bertz CT molecular complexity index is 3470. The summed E-state index contributed by atoms with van der Waals surface area (Å²) in [5.74, 6) is 0.904. The molecule has 4 aromatic carbocycles. The van der Waals surface area contributed by atoms with Crippen molar-refractivity contribution < 1.29 is 19.1 Å². The zero-order chi connectivity index (χ0) is 53.3. The van der Waals surface area contributed by atoms with Crippen molar-refractivity contribution in [3.8, 4) is 40.1 Å². The molecule has 6 N–H and O–H groups in total. The maximum atomic E-state index is 12.9. The molecule has 8 rings (SSSR count). The number of rotatable bonds is 22. The van der Waals surface area contributed by atoms with E-state index in [-0.39, 0.29) is 11.8 Å². The molecule has 0 aliphatic heterocycles. The van der Waals surface area contributed by atoms with Gasteiger partial charge < -0.3 is 55.4 Å². The van der Waals surface area contributed by atoms with Gasteiger partial charge >= 0.3 is 0 Å². The number of nitrogens with one attached hydrogen (secondary N) is 6. The minimum Gasteiger partial charge on any atom is -0.494 e. The molecule has 0 unspecified atom stereocenters. The Morgan fingerprint density at radius 1 is 0.720 bits per heavy atom. The number of nitriles is 1. The van der Waals surface area contributed by atoms with Crippen LogP contribution in [0.25, 0.3) is 44.3 Å². The predicted octanol–water partition coefficient (Wildman–Crippen LogP) is 9.06. The number of benzene rings is 4. The van der Waals surface area contributed by atoms with Crippen molar-refractivity contribution in [3.05, 3.63) is 134 Å². The average Bonchev–Trinajstić information content (AvgIpc) is 4.00. The van der Waals surface area contributed by atoms with Gasteiger partial charge in [0.15, 0.2) is 0 Å². The molecule has 0 saturated carbocycles. The van der Waals surface area contributed by atoms with Crippen molar-refractivity contribution in [3.63, 3.8) is 0 Å². The summed E-state index contributed by atoms with van der Waals surface area (Å²) < 4.78 is 11.9. The summed E-state index contributed by atoms with van der Waals surface area (Å²) in [6, 6.07) is 27.0. The van der Waals surface area contributed by atoms with Crippen LogP contribution in [0, 0.1) is 18.3 Å². The molecule has 0 bridgehead atoms. The van der Waals surface area contributed by atoms with E-state index in [1.165, 1.54) is 12.2 Å². The molecule has 0 radical (unpaired) electrons. The smallest absolute Gasteiger partial charge is 0.247 e. The molecule has 19 heteroatoms. The van der Waals surface area contributed by atoms with Crippen LogP contribution in [0.4, 0.5) is 46.0 Å². The Hall–Kier alpha value is -9.25. The minimum absolute atomic E-state index is 0.296. The third-order valence-electron chi connectivity index (χ3n) is 12.7. The van der Waals surface area contributed by atoms with Crippen LogP contribution < -0.4 is 40.5 Å². The van der Waals surface area contributed by atoms with Crippen LogP contribution in [-0.2, 0) is 16.1 Å². The third kappa shape index (κ3) is 11.8. The summed E-state index contributed by atoms with van der Waals surface area (Å²) in [6.45, 7) is 12.4. The molecule has 0 saturated heterocycles. The van der Waals surface area contributed by atoms with Gasteiger partial charge in [-0.25, -0.2) is 19.9 Å². The highest BCUT2D eigenvalue weighted by molar-refractivity contribution is 6.03. The number of ether oxygens (including phenoxy) is 2. The quantitative estimate of drug-likeness (QED) is 0.0349. The number of para-hydroxylation sites is 2. The highest BCUT2D eigenvalue weighted by atomic mass is 16.5. The molecular formula is C56H61N15O4. The first-order valence-corrected chi connectivity index (χ1v) is 24.1. The van der Waals surface area contributed by atoms with E-state index in [1.807, 2.05) is 108 Å². The summed E-state index contributed by atoms with van der Waals surface area (Å²) in [5, 5.41) is 24.2. The van der Waals surface area contributed by atoms with Crippen LogP contribution in [-0.4, -0.2) is 127 Å². The lowest BCUT2D eigenvalue weighted by atomic mass is 10.1. The highest BCUT2D eigenvalue weighted by Gasteiger charge is 2.22. The normalized spacial score (nSPS) is 11.1. The van der Waals surface area contributed by atoms with E-state index in [9.17, 15) is 14.9 Å². The van der Waals surface area contributed by atoms with E-state index >= 15 is 0 Å². The molecule has 0 aliphatic rings. The van der Waals surface area contributed by atoms with Gasteiger partial charge in [0, 0.05) is 104 Å². The Morgan fingerprint density at radius 2 is 1.33 bits per heavy atom. The summed E-state index contributed by atoms with van der Waals surface area (Å²) in [4.78, 5) is 60.2. The van der Waals surface area contributed by atoms with E-state index in [2.05, 4.69) is 76.2 Å². The topological polar surface area (TPSA) is 221 Å². The van der Waals surface area contributed by atoms with Gasteiger partial charge in [-0.2, -0.15) is 5.26 Å². The number of anilines is 8. The predicted molar refractivity (Wildman–Crippen MR) is 300 cm³/mol. The number of amides is 2. The number of methoxy groups -OCH3 is 2. The van der Waals surface area contributed by atoms with Crippen LogP contribution in [0.5, 0.6) is 11.5 Å². The highest BCUT2D eigenvalue weighted by Crippen LogP contribution is 2.41. The number of likely N-dealkylation sites (N-methyl/N-ethyl adjacent to an activating group) is 4. The van der Waals surface area contributed by atoms with E-state index < -0.39 is 0 Å². The summed E-state index contributed by atoms with van der Waals surface area (Å²) in [5.41, 5.74) is 10.7. The maximum Gasteiger partial charge on any atom is 0.247 e. The van der Waals surface area contributed by atoms with Crippen molar-refractivity contribution in [1.82, 2.24) is 39.7 Å². The zero-order valence-corrected chi connectivity index (χ0v) is 43.4. The summed E-state index contributed by atoms with van der Waals surface area (Å²) >= 11 is 0. The van der Waals surface area contributed by atoms with Gasteiger partial charge in [0.1, 0.15) is 17.6 Å². The first kappa shape index (κ1) is 52.1. The molecule has 0 spiro atoms. The molecule has 384 valence electrons. The second-order valence-electron chi connectivity index (χ2n) is 18.2. The molecule has 8 aromatic rings. The van der Waals surface area contributed by atoms with E-state index in [0.717, 1.165) is 62.2 Å².